The fourth-order valence-corrected chi connectivity index (χ4v) is 3.04. The highest BCUT2D eigenvalue weighted by molar-refractivity contribution is 5.15. The first-order chi connectivity index (χ1) is 7.18. The summed E-state index contributed by atoms with van der Waals surface area (Å²) in [5, 5.41) is 13.2. The average molecular weight is 206 g/mol. The van der Waals surface area contributed by atoms with Crippen LogP contribution >= 0.6 is 0 Å². The Balaban J connectivity index is 2.13. The summed E-state index contributed by atoms with van der Waals surface area (Å²) in [6, 6.07) is 3.25. The van der Waals surface area contributed by atoms with E-state index < -0.39 is 0 Å². The van der Waals surface area contributed by atoms with E-state index in [1.165, 1.54) is 32.1 Å². The largest absolute Gasteiger partial charge is 0.296 e. The van der Waals surface area contributed by atoms with Crippen molar-refractivity contribution < 1.29 is 0 Å². The van der Waals surface area contributed by atoms with Gasteiger partial charge in [0, 0.05) is 6.04 Å². The van der Waals surface area contributed by atoms with Gasteiger partial charge in [-0.3, -0.25) is 5.32 Å². The average Bonchev–Trinajstić information content (AvgIpc) is 3.02. The van der Waals surface area contributed by atoms with E-state index in [1.54, 1.807) is 0 Å². The van der Waals surface area contributed by atoms with Crippen molar-refractivity contribution in [1.82, 2.24) is 5.32 Å². The van der Waals surface area contributed by atoms with E-state index in [0.29, 0.717) is 17.9 Å². The molecule has 2 fully saturated rings. The van der Waals surface area contributed by atoms with E-state index in [4.69, 9.17) is 0 Å². The van der Waals surface area contributed by atoms with Gasteiger partial charge in [0.05, 0.1) is 6.07 Å². The van der Waals surface area contributed by atoms with Crippen molar-refractivity contribution in [3.8, 4) is 6.07 Å². The Morgan fingerprint density at radius 3 is 2.53 bits per heavy atom. The molecular weight excluding hydrogens is 184 g/mol. The van der Waals surface area contributed by atoms with Crippen LogP contribution < -0.4 is 5.32 Å². The number of nitriles is 1. The van der Waals surface area contributed by atoms with Crippen molar-refractivity contribution in [1.29, 1.82) is 5.26 Å². The van der Waals surface area contributed by atoms with Gasteiger partial charge in [-0.1, -0.05) is 26.7 Å². The molecule has 0 aromatic rings. The molecule has 15 heavy (non-hydrogen) atoms. The molecule has 2 rings (SSSR count). The summed E-state index contributed by atoms with van der Waals surface area (Å²) in [6.45, 7) is 4.52. The van der Waals surface area contributed by atoms with Crippen LogP contribution in [-0.2, 0) is 0 Å². The van der Waals surface area contributed by atoms with Gasteiger partial charge < -0.3 is 0 Å². The van der Waals surface area contributed by atoms with Gasteiger partial charge in [0.2, 0.25) is 0 Å². The highest BCUT2D eigenvalue weighted by Gasteiger charge is 2.45. The molecule has 2 aliphatic rings. The lowest BCUT2D eigenvalue weighted by Crippen LogP contribution is -2.54. The third kappa shape index (κ3) is 2.18. The van der Waals surface area contributed by atoms with Crippen molar-refractivity contribution in [3.05, 3.63) is 0 Å². The molecule has 1 N–H and O–H groups in total. The zero-order valence-corrected chi connectivity index (χ0v) is 9.92. The molecule has 0 saturated heterocycles. The zero-order valence-electron chi connectivity index (χ0n) is 9.92. The van der Waals surface area contributed by atoms with Gasteiger partial charge in [0.15, 0.2) is 0 Å². The molecule has 0 spiro atoms. The number of rotatable bonds is 3. The third-order valence-corrected chi connectivity index (χ3v) is 4.01. The number of nitrogens with one attached hydrogen (secondary N) is 1. The minimum Gasteiger partial charge on any atom is -0.296 e. The lowest BCUT2D eigenvalue weighted by atomic mass is 9.68. The van der Waals surface area contributed by atoms with Gasteiger partial charge >= 0.3 is 0 Å². The summed E-state index contributed by atoms with van der Waals surface area (Å²) in [4.78, 5) is 0. The molecule has 2 heteroatoms. The minimum atomic E-state index is -0.201. The predicted octanol–water partition coefficient (Wildman–Crippen LogP) is 2.85. The van der Waals surface area contributed by atoms with Crippen LogP contribution in [0.25, 0.3) is 0 Å². The Bertz CT molecular complexity index is 262. The lowest BCUT2D eigenvalue weighted by molar-refractivity contribution is 0.148. The summed E-state index contributed by atoms with van der Waals surface area (Å²) >= 11 is 0. The first-order valence-electron chi connectivity index (χ1n) is 6.37. The summed E-state index contributed by atoms with van der Waals surface area (Å²) < 4.78 is 0. The second-order valence-electron chi connectivity index (χ2n) is 5.60. The Morgan fingerprint density at radius 2 is 2.00 bits per heavy atom. The summed E-state index contributed by atoms with van der Waals surface area (Å²) in [7, 11) is 0. The fourth-order valence-electron chi connectivity index (χ4n) is 3.04. The summed E-state index contributed by atoms with van der Waals surface area (Å²) in [5.41, 5.74) is -0.201. The molecule has 0 amide bonds. The molecule has 2 saturated carbocycles. The smallest absolute Gasteiger partial charge is 0.110 e. The van der Waals surface area contributed by atoms with Crippen molar-refractivity contribution in [2.45, 2.75) is 64.0 Å². The second-order valence-corrected chi connectivity index (χ2v) is 5.60. The zero-order chi connectivity index (χ0) is 10.9. The molecule has 0 aromatic carbocycles. The Hall–Kier alpha value is -0.550. The van der Waals surface area contributed by atoms with Gasteiger partial charge in [0.1, 0.15) is 5.54 Å². The molecule has 0 radical (unpaired) electrons. The van der Waals surface area contributed by atoms with Crippen LogP contribution in [-0.4, -0.2) is 11.6 Å². The van der Waals surface area contributed by atoms with Gasteiger partial charge in [-0.05, 0) is 37.5 Å². The molecule has 0 aromatic heterocycles. The van der Waals surface area contributed by atoms with E-state index in [-0.39, 0.29) is 5.54 Å². The van der Waals surface area contributed by atoms with Crippen LogP contribution in [0.1, 0.15) is 52.4 Å². The molecule has 2 nitrogen and oxygen atoms in total. The second kappa shape index (κ2) is 4.14. The molecule has 2 aliphatic carbocycles. The maximum atomic E-state index is 9.52. The molecular formula is C13H22N2. The number of nitrogens with zero attached hydrogens (tertiary/aromatic N) is 1. The van der Waals surface area contributed by atoms with E-state index in [1.807, 2.05) is 0 Å². The predicted molar refractivity (Wildman–Crippen MR) is 61.3 cm³/mol. The third-order valence-electron chi connectivity index (χ3n) is 4.01. The van der Waals surface area contributed by atoms with Crippen LogP contribution in [0.4, 0.5) is 0 Å². The molecule has 2 atom stereocenters. The van der Waals surface area contributed by atoms with Crippen molar-refractivity contribution >= 4 is 0 Å². The van der Waals surface area contributed by atoms with Gasteiger partial charge in [-0.2, -0.15) is 5.26 Å². The molecule has 0 bridgehead atoms. The van der Waals surface area contributed by atoms with E-state index in [2.05, 4.69) is 25.2 Å². The van der Waals surface area contributed by atoms with Crippen molar-refractivity contribution in [2.75, 3.05) is 0 Å². The van der Waals surface area contributed by atoms with Crippen LogP contribution in [0.3, 0.4) is 0 Å². The number of hydrogen-bond donors (Lipinski definition) is 1. The van der Waals surface area contributed by atoms with Crippen LogP contribution in [0, 0.1) is 23.2 Å². The summed E-state index contributed by atoms with van der Waals surface area (Å²) in [5.74, 6) is 1.17. The van der Waals surface area contributed by atoms with Gasteiger partial charge in [-0.15, -0.1) is 0 Å². The normalized spacial score (nSPS) is 36.5. The van der Waals surface area contributed by atoms with E-state index in [9.17, 15) is 5.26 Å². The van der Waals surface area contributed by atoms with Crippen molar-refractivity contribution in [3.63, 3.8) is 0 Å². The quantitative estimate of drug-likeness (QED) is 0.770. The minimum absolute atomic E-state index is 0.201. The Kier molecular flexibility index (Phi) is 3.02. The van der Waals surface area contributed by atoms with Gasteiger partial charge in [-0.25, -0.2) is 0 Å². The van der Waals surface area contributed by atoms with E-state index in [0.717, 1.165) is 6.42 Å². The highest BCUT2D eigenvalue weighted by Crippen LogP contribution is 2.40. The number of hydrogen-bond acceptors (Lipinski definition) is 2. The molecule has 84 valence electrons. The van der Waals surface area contributed by atoms with Crippen molar-refractivity contribution in [2.24, 2.45) is 11.8 Å². The Labute approximate surface area is 93.0 Å². The lowest BCUT2D eigenvalue weighted by Gasteiger charge is -2.42. The van der Waals surface area contributed by atoms with Gasteiger partial charge in [0.25, 0.3) is 0 Å². The maximum absolute atomic E-state index is 9.52. The van der Waals surface area contributed by atoms with Crippen LogP contribution in [0.5, 0.6) is 0 Å². The summed E-state index contributed by atoms with van der Waals surface area (Å²) in [6.07, 6.45) is 7.35. The standard InChI is InChI=1S/C13H22N2/c1-10(2)12-5-3-4-8-13(12,9-14)15-11-6-7-11/h10-12,15H,3-8H2,1-2H3. The first-order valence-corrected chi connectivity index (χ1v) is 6.37. The highest BCUT2D eigenvalue weighted by atomic mass is 15.0. The maximum Gasteiger partial charge on any atom is 0.110 e. The molecule has 0 heterocycles. The SMILES string of the molecule is CC(C)C1CCCCC1(C#N)NC1CC1. The monoisotopic (exact) mass is 206 g/mol. The van der Waals surface area contributed by atoms with E-state index >= 15 is 0 Å². The topological polar surface area (TPSA) is 35.8 Å². The molecule has 2 unspecified atom stereocenters. The van der Waals surface area contributed by atoms with Crippen LogP contribution in [0.2, 0.25) is 0 Å². The van der Waals surface area contributed by atoms with Crippen LogP contribution in [0.15, 0.2) is 0 Å². The fraction of sp³-hybridized carbons (Fsp3) is 0.923. The first kappa shape index (κ1) is 11.0. The molecule has 0 aliphatic heterocycles. The Morgan fingerprint density at radius 1 is 1.27 bits per heavy atom.